The van der Waals surface area contributed by atoms with Gasteiger partial charge in [0.1, 0.15) is 0 Å². The van der Waals surface area contributed by atoms with Crippen LogP contribution in [0, 0.1) is 5.41 Å². The number of rotatable bonds is 6. The van der Waals surface area contributed by atoms with Gasteiger partial charge in [-0.15, -0.1) is 0 Å². The number of nitrogens with two attached hydrogens (primary N) is 1. The molecule has 1 aromatic rings. The molecule has 3 heteroatoms. The number of nitrogens with one attached hydrogen (secondary N) is 1. The van der Waals surface area contributed by atoms with Gasteiger partial charge in [0.2, 0.25) is 0 Å². The van der Waals surface area contributed by atoms with Gasteiger partial charge in [-0.25, -0.2) is 0 Å². The third-order valence-electron chi connectivity index (χ3n) is 4.40. The Morgan fingerprint density at radius 2 is 1.95 bits per heavy atom. The molecule has 0 bridgehead atoms. The van der Waals surface area contributed by atoms with E-state index in [-0.39, 0.29) is 6.04 Å². The van der Waals surface area contributed by atoms with E-state index in [9.17, 15) is 0 Å². The minimum absolute atomic E-state index is 0.0787. The zero-order valence-corrected chi connectivity index (χ0v) is 11.9. The van der Waals surface area contributed by atoms with Crippen LogP contribution in [0.1, 0.15) is 37.8 Å². The fourth-order valence-electron chi connectivity index (χ4n) is 2.77. The summed E-state index contributed by atoms with van der Waals surface area (Å²) in [4.78, 5) is 0. The van der Waals surface area contributed by atoms with Gasteiger partial charge in [0.15, 0.2) is 0 Å². The molecule has 0 radical (unpaired) electrons. The summed E-state index contributed by atoms with van der Waals surface area (Å²) in [7, 11) is 0. The fourth-order valence-corrected chi connectivity index (χ4v) is 2.77. The number of hydrogen-bond acceptors (Lipinski definition) is 3. The standard InChI is InChI=1S/C16H26N2O/c1-2-16(8-10-19-11-9-16)13-18-12-15(17)14-6-4-3-5-7-14/h3-7,15,18H,2,8-13,17H2,1H3. The highest BCUT2D eigenvalue weighted by atomic mass is 16.5. The van der Waals surface area contributed by atoms with Crippen LogP contribution in [0.4, 0.5) is 0 Å². The van der Waals surface area contributed by atoms with E-state index in [2.05, 4.69) is 24.4 Å². The average molecular weight is 262 g/mol. The van der Waals surface area contributed by atoms with Crippen LogP contribution in [0.5, 0.6) is 0 Å². The van der Waals surface area contributed by atoms with E-state index in [4.69, 9.17) is 10.5 Å². The van der Waals surface area contributed by atoms with Gasteiger partial charge in [0, 0.05) is 32.3 Å². The molecule has 19 heavy (non-hydrogen) atoms. The molecule has 3 N–H and O–H groups in total. The highest BCUT2D eigenvalue weighted by Gasteiger charge is 2.30. The topological polar surface area (TPSA) is 47.3 Å². The summed E-state index contributed by atoms with van der Waals surface area (Å²) < 4.78 is 5.47. The van der Waals surface area contributed by atoms with Crippen molar-refractivity contribution in [3.05, 3.63) is 35.9 Å². The minimum atomic E-state index is 0.0787. The molecule has 2 rings (SSSR count). The molecule has 1 unspecified atom stereocenters. The Hall–Kier alpha value is -0.900. The van der Waals surface area contributed by atoms with Crippen LogP contribution in [0.25, 0.3) is 0 Å². The van der Waals surface area contributed by atoms with Crippen molar-refractivity contribution in [3.63, 3.8) is 0 Å². The van der Waals surface area contributed by atoms with Crippen molar-refractivity contribution in [1.82, 2.24) is 5.32 Å². The van der Waals surface area contributed by atoms with Crippen LogP contribution in [-0.2, 0) is 4.74 Å². The van der Waals surface area contributed by atoms with Crippen molar-refractivity contribution in [2.24, 2.45) is 11.1 Å². The summed E-state index contributed by atoms with van der Waals surface area (Å²) in [6, 6.07) is 10.4. The average Bonchev–Trinajstić information content (AvgIpc) is 2.49. The number of benzene rings is 1. The largest absolute Gasteiger partial charge is 0.381 e. The van der Waals surface area contributed by atoms with E-state index in [0.717, 1.165) is 39.1 Å². The minimum Gasteiger partial charge on any atom is -0.381 e. The first-order valence-electron chi connectivity index (χ1n) is 7.35. The predicted octanol–water partition coefficient (Wildman–Crippen LogP) is 2.48. The summed E-state index contributed by atoms with van der Waals surface area (Å²) in [5.74, 6) is 0. The Morgan fingerprint density at radius 3 is 2.58 bits per heavy atom. The van der Waals surface area contributed by atoms with Crippen molar-refractivity contribution < 1.29 is 4.74 Å². The second-order valence-electron chi connectivity index (χ2n) is 5.61. The summed E-state index contributed by atoms with van der Waals surface area (Å²) in [5, 5.41) is 3.56. The molecular weight excluding hydrogens is 236 g/mol. The quantitative estimate of drug-likeness (QED) is 0.828. The second-order valence-corrected chi connectivity index (χ2v) is 5.61. The number of ether oxygens (including phenoxy) is 1. The van der Waals surface area contributed by atoms with Crippen LogP contribution >= 0.6 is 0 Å². The normalized spacial score (nSPS) is 20.1. The molecule has 1 aliphatic rings. The van der Waals surface area contributed by atoms with E-state index in [1.807, 2.05) is 18.2 Å². The molecule has 1 aromatic carbocycles. The summed E-state index contributed by atoms with van der Waals surface area (Å²) in [6.45, 7) is 5.98. The third kappa shape index (κ3) is 4.03. The van der Waals surface area contributed by atoms with E-state index >= 15 is 0 Å². The predicted molar refractivity (Wildman–Crippen MR) is 79.0 cm³/mol. The van der Waals surface area contributed by atoms with E-state index in [1.165, 1.54) is 12.0 Å². The first kappa shape index (κ1) is 14.5. The maximum absolute atomic E-state index is 6.21. The second kappa shape index (κ2) is 7.04. The molecule has 1 heterocycles. The lowest BCUT2D eigenvalue weighted by Crippen LogP contribution is -2.40. The Labute approximate surface area is 116 Å². The van der Waals surface area contributed by atoms with Crippen LogP contribution < -0.4 is 11.1 Å². The molecule has 1 atom stereocenters. The van der Waals surface area contributed by atoms with E-state index in [0.29, 0.717) is 5.41 Å². The van der Waals surface area contributed by atoms with Crippen molar-refractivity contribution >= 4 is 0 Å². The van der Waals surface area contributed by atoms with Gasteiger partial charge in [-0.1, -0.05) is 37.3 Å². The van der Waals surface area contributed by atoms with Crippen molar-refractivity contribution in [3.8, 4) is 0 Å². The molecule has 3 nitrogen and oxygen atoms in total. The third-order valence-corrected chi connectivity index (χ3v) is 4.40. The van der Waals surface area contributed by atoms with Crippen LogP contribution in [-0.4, -0.2) is 26.3 Å². The van der Waals surface area contributed by atoms with Gasteiger partial charge in [-0.2, -0.15) is 0 Å². The summed E-state index contributed by atoms with van der Waals surface area (Å²) in [5.41, 5.74) is 7.82. The first-order valence-corrected chi connectivity index (χ1v) is 7.35. The lowest BCUT2D eigenvalue weighted by molar-refractivity contribution is 0.0128. The molecule has 0 saturated carbocycles. The molecule has 1 aliphatic heterocycles. The molecular formula is C16H26N2O. The lowest BCUT2D eigenvalue weighted by Gasteiger charge is -2.37. The van der Waals surface area contributed by atoms with Crippen molar-refractivity contribution in [1.29, 1.82) is 0 Å². The van der Waals surface area contributed by atoms with Crippen molar-refractivity contribution in [2.75, 3.05) is 26.3 Å². The fraction of sp³-hybridized carbons (Fsp3) is 0.625. The highest BCUT2D eigenvalue weighted by Crippen LogP contribution is 2.33. The SMILES string of the molecule is CCC1(CNCC(N)c2ccccc2)CCOCC1. The summed E-state index contributed by atoms with van der Waals surface area (Å²) >= 11 is 0. The smallest absolute Gasteiger partial charge is 0.0471 e. The molecule has 1 saturated heterocycles. The van der Waals surface area contributed by atoms with E-state index in [1.54, 1.807) is 0 Å². The van der Waals surface area contributed by atoms with Crippen LogP contribution in [0.2, 0.25) is 0 Å². The molecule has 0 amide bonds. The van der Waals surface area contributed by atoms with Gasteiger partial charge in [0.05, 0.1) is 0 Å². The maximum Gasteiger partial charge on any atom is 0.0471 e. The van der Waals surface area contributed by atoms with Gasteiger partial charge >= 0.3 is 0 Å². The summed E-state index contributed by atoms with van der Waals surface area (Å²) in [6.07, 6.45) is 3.54. The highest BCUT2D eigenvalue weighted by molar-refractivity contribution is 5.18. The van der Waals surface area contributed by atoms with Crippen molar-refractivity contribution in [2.45, 2.75) is 32.2 Å². The maximum atomic E-state index is 6.21. The Morgan fingerprint density at radius 1 is 1.26 bits per heavy atom. The van der Waals surface area contributed by atoms with E-state index < -0.39 is 0 Å². The Balaban J connectivity index is 1.79. The van der Waals surface area contributed by atoms with Gasteiger partial charge < -0.3 is 15.8 Å². The zero-order valence-electron chi connectivity index (χ0n) is 11.9. The Kier molecular flexibility index (Phi) is 5.37. The van der Waals surface area contributed by atoms with Gasteiger partial charge in [-0.3, -0.25) is 0 Å². The molecule has 106 valence electrons. The van der Waals surface area contributed by atoms with Crippen LogP contribution in [0.3, 0.4) is 0 Å². The zero-order chi connectivity index (χ0) is 13.6. The monoisotopic (exact) mass is 262 g/mol. The van der Waals surface area contributed by atoms with Gasteiger partial charge in [0.25, 0.3) is 0 Å². The first-order chi connectivity index (χ1) is 9.26. The Bertz CT molecular complexity index is 360. The molecule has 0 aromatic heterocycles. The molecule has 0 aliphatic carbocycles. The lowest BCUT2D eigenvalue weighted by atomic mass is 9.78. The van der Waals surface area contributed by atoms with Gasteiger partial charge in [-0.05, 0) is 30.2 Å². The molecule has 0 spiro atoms. The molecule has 1 fully saturated rings. The number of hydrogen-bond donors (Lipinski definition) is 2. The van der Waals surface area contributed by atoms with Crippen LogP contribution in [0.15, 0.2) is 30.3 Å².